The first-order chi connectivity index (χ1) is 10.2. The van der Waals surface area contributed by atoms with Gasteiger partial charge in [0.05, 0.1) is 16.7 Å². The summed E-state index contributed by atoms with van der Waals surface area (Å²) in [6, 6.07) is 3.28. The molecule has 0 aliphatic carbocycles. The monoisotopic (exact) mass is 309 g/mol. The Kier molecular flexibility index (Phi) is 5.85. The number of hydrogen-bond acceptors (Lipinski definition) is 6. The molecule has 0 saturated heterocycles. The van der Waals surface area contributed by atoms with E-state index in [0.29, 0.717) is 0 Å². The van der Waals surface area contributed by atoms with Crippen molar-refractivity contribution in [3.05, 3.63) is 28.3 Å². The van der Waals surface area contributed by atoms with Crippen LogP contribution in [-0.2, 0) is 9.59 Å². The second-order valence-electron chi connectivity index (χ2n) is 5.21. The van der Waals surface area contributed by atoms with Crippen molar-refractivity contribution in [3.8, 4) is 5.75 Å². The molecule has 8 nitrogen and oxygen atoms in total. The molecule has 2 N–H and O–H groups in total. The van der Waals surface area contributed by atoms with E-state index in [2.05, 4.69) is 5.32 Å². The van der Waals surface area contributed by atoms with Gasteiger partial charge in [-0.1, -0.05) is 13.8 Å². The molecule has 0 spiro atoms. The molecule has 0 heterocycles. The Labute approximate surface area is 126 Å². The van der Waals surface area contributed by atoms with E-state index in [9.17, 15) is 29.9 Å². The van der Waals surface area contributed by atoms with Gasteiger partial charge in [-0.15, -0.1) is 0 Å². The number of non-ortho nitro benzene ring substituents is 1. The summed E-state index contributed by atoms with van der Waals surface area (Å²) in [6.07, 6.45) is 0.0484. The molecule has 0 unspecified atom stereocenters. The minimum atomic E-state index is -1.21. The highest BCUT2D eigenvalue weighted by molar-refractivity contribution is 5.92. The summed E-state index contributed by atoms with van der Waals surface area (Å²) in [5.41, 5.74) is -0.266. The highest BCUT2D eigenvalue weighted by Crippen LogP contribution is 2.28. The third kappa shape index (κ3) is 4.72. The molecule has 0 saturated carbocycles. The van der Waals surface area contributed by atoms with Crippen LogP contribution in [0.15, 0.2) is 18.2 Å². The minimum absolute atomic E-state index is 0.0325. The molecule has 0 aliphatic rings. The van der Waals surface area contributed by atoms with E-state index >= 15 is 0 Å². The first kappa shape index (κ1) is 17.4. The van der Waals surface area contributed by atoms with Crippen LogP contribution in [-0.4, -0.2) is 21.9 Å². The van der Waals surface area contributed by atoms with E-state index in [1.807, 2.05) is 0 Å². The molecule has 1 aromatic carbocycles. The van der Waals surface area contributed by atoms with Gasteiger partial charge < -0.3 is 20.3 Å². The molecule has 1 atom stereocenters. The van der Waals surface area contributed by atoms with E-state index < -0.39 is 28.5 Å². The number of carbonyl (C=O) groups is 2. The molecule has 0 radical (unpaired) electrons. The van der Waals surface area contributed by atoms with Gasteiger partial charge in [0.1, 0.15) is 5.75 Å². The van der Waals surface area contributed by atoms with Gasteiger partial charge in [0.2, 0.25) is 5.91 Å². The Morgan fingerprint density at radius 1 is 1.36 bits per heavy atom. The minimum Gasteiger partial charge on any atom is -0.550 e. The Morgan fingerprint density at radius 3 is 2.45 bits per heavy atom. The third-order valence-corrected chi connectivity index (χ3v) is 3.26. The van der Waals surface area contributed by atoms with Gasteiger partial charge in [0.15, 0.2) is 0 Å². The van der Waals surface area contributed by atoms with Crippen LogP contribution >= 0.6 is 0 Å². The zero-order chi connectivity index (χ0) is 16.9. The summed E-state index contributed by atoms with van der Waals surface area (Å²) in [4.78, 5) is 32.6. The number of phenolic OH excluding ortho intramolecular Hbond substituents is 1. The van der Waals surface area contributed by atoms with Gasteiger partial charge in [-0.3, -0.25) is 14.9 Å². The molecule has 22 heavy (non-hydrogen) atoms. The number of aromatic hydroxyl groups is 1. The molecule has 0 aromatic heterocycles. The number of nitro groups is 1. The van der Waals surface area contributed by atoms with E-state index in [1.54, 1.807) is 13.8 Å². The molecule has 1 aromatic rings. The Bertz CT molecular complexity index is 585. The van der Waals surface area contributed by atoms with Gasteiger partial charge in [0.25, 0.3) is 5.69 Å². The maximum absolute atomic E-state index is 11.8. The Morgan fingerprint density at radius 2 is 2.00 bits per heavy atom. The van der Waals surface area contributed by atoms with Crippen LogP contribution in [0.3, 0.4) is 0 Å². The Hall–Kier alpha value is -2.64. The number of carboxylic acid groups (broad SMARTS) is 1. The van der Waals surface area contributed by atoms with Crippen LogP contribution in [0.5, 0.6) is 5.75 Å². The number of rotatable bonds is 7. The molecule has 0 fully saturated rings. The van der Waals surface area contributed by atoms with Gasteiger partial charge in [0, 0.05) is 24.4 Å². The molecule has 1 rings (SSSR count). The smallest absolute Gasteiger partial charge is 0.273 e. The van der Waals surface area contributed by atoms with Crippen molar-refractivity contribution in [2.24, 2.45) is 11.8 Å². The number of nitrogens with zero attached hydrogens (tertiary/aromatic N) is 1. The van der Waals surface area contributed by atoms with E-state index in [0.717, 1.165) is 12.1 Å². The van der Waals surface area contributed by atoms with E-state index in [1.165, 1.54) is 6.07 Å². The average Bonchev–Trinajstić information content (AvgIpc) is 2.40. The van der Waals surface area contributed by atoms with Crippen molar-refractivity contribution >= 4 is 23.3 Å². The quantitative estimate of drug-likeness (QED) is 0.439. The van der Waals surface area contributed by atoms with Crippen LogP contribution in [0.25, 0.3) is 0 Å². The summed E-state index contributed by atoms with van der Waals surface area (Å²) in [5, 5.41) is 33.5. The number of phenols is 1. The Balaban J connectivity index is 2.66. The van der Waals surface area contributed by atoms with Gasteiger partial charge in [-0.2, -0.15) is 0 Å². The van der Waals surface area contributed by atoms with Crippen molar-refractivity contribution in [1.29, 1.82) is 0 Å². The molecular formula is C14H17N2O6-. The lowest BCUT2D eigenvalue weighted by atomic mass is 9.91. The second kappa shape index (κ2) is 7.39. The third-order valence-electron chi connectivity index (χ3n) is 3.26. The fourth-order valence-electron chi connectivity index (χ4n) is 1.96. The van der Waals surface area contributed by atoms with Crippen LogP contribution < -0.4 is 10.4 Å². The normalized spacial score (nSPS) is 12.0. The van der Waals surface area contributed by atoms with Crippen molar-refractivity contribution in [1.82, 2.24) is 0 Å². The first-order valence-electron chi connectivity index (χ1n) is 6.70. The molecule has 1 amide bonds. The maximum Gasteiger partial charge on any atom is 0.273 e. The summed E-state index contributed by atoms with van der Waals surface area (Å²) in [5.74, 6) is -3.03. The first-order valence-corrected chi connectivity index (χ1v) is 6.70. The zero-order valence-corrected chi connectivity index (χ0v) is 12.2. The molecular weight excluding hydrogens is 292 g/mol. The van der Waals surface area contributed by atoms with Crippen LogP contribution in [0, 0.1) is 22.0 Å². The van der Waals surface area contributed by atoms with Crippen molar-refractivity contribution < 1.29 is 24.7 Å². The summed E-state index contributed by atoms with van der Waals surface area (Å²) in [7, 11) is 0. The molecule has 0 aliphatic heterocycles. The SMILES string of the molecule is CC(C)[C@@H](CCC(=O)Nc1ccc([N+](=O)[O-])cc1O)C(=O)[O-]. The molecule has 0 bridgehead atoms. The van der Waals surface area contributed by atoms with Gasteiger partial charge in [-0.05, 0) is 18.4 Å². The lowest BCUT2D eigenvalue weighted by Gasteiger charge is -2.21. The van der Waals surface area contributed by atoms with Crippen LogP contribution in [0.1, 0.15) is 26.7 Å². The highest BCUT2D eigenvalue weighted by atomic mass is 16.6. The van der Waals surface area contributed by atoms with Crippen molar-refractivity contribution in [2.45, 2.75) is 26.7 Å². The lowest BCUT2D eigenvalue weighted by Crippen LogP contribution is -2.35. The van der Waals surface area contributed by atoms with Crippen molar-refractivity contribution in [3.63, 3.8) is 0 Å². The predicted molar refractivity (Wildman–Crippen MR) is 76.0 cm³/mol. The number of amides is 1. The maximum atomic E-state index is 11.8. The average molecular weight is 309 g/mol. The van der Waals surface area contributed by atoms with Crippen LogP contribution in [0.4, 0.5) is 11.4 Å². The van der Waals surface area contributed by atoms with Crippen LogP contribution in [0.2, 0.25) is 0 Å². The molecule has 120 valence electrons. The highest BCUT2D eigenvalue weighted by Gasteiger charge is 2.17. The second-order valence-corrected chi connectivity index (χ2v) is 5.21. The number of carboxylic acids is 1. The number of benzene rings is 1. The summed E-state index contributed by atoms with van der Waals surface area (Å²) >= 11 is 0. The zero-order valence-electron chi connectivity index (χ0n) is 12.2. The standard InChI is InChI=1S/C14H18N2O6/c1-8(2)10(14(19)20)4-6-13(18)15-11-5-3-9(16(21)22)7-12(11)17/h3,5,7-8,10,17H,4,6H2,1-2H3,(H,15,18)(H,19,20)/p-1/t10-/m1/s1. The van der Waals surface area contributed by atoms with Gasteiger partial charge in [-0.25, -0.2) is 0 Å². The number of carbonyl (C=O) groups excluding carboxylic acids is 2. The lowest BCUT2D eigenvalue weighted by molar-refractivity contribution is -0.384. The fourth-order valence-corrected chi connectivity index (χ4v) is 1.96. The summed E-state index contributed by atoms with van der Waals surface area (Å²) in [6.45, 7) is 3.45. The van der Waals surface area contributed by atoms with E-state index in [4.69, 9.17) is 0 Å². The largest absolute Gasteiger partial charge is 0.550 e. The summed E-state index contributed by atoms with van der Waals surface area (Å²) < 4.78 is 0. The number of hydrogen-bond donors (Lipinski definition) is 2. The number of anilines is 1. The molecule has 8 heteroatoms. The number of aliphatic carboxylic acids is 1. The van der Waals surface area contributed by atoms with Crippen molar-refractivity contribution in [2.75, 3.05) is 5.32 Å². The number of nitrogens with one attached hydrogen (secondary N) is 1. The predicted octanol–water partition coefficient (Wildman–Crippen LogP) is 1.04. The topological polar surface area (TPSA) is 133 Å². The fraction of sp³-hybridized carbons (Fsp3) is 0.429. The van der Waals surface area contributed by atoms with E-state index in [-0.39, 0.29) is 30.1 Å². The number of nitro benzene ring substituents is 1. The van der Waals surface area contributed by atoms with Gasteiger partial charge >= 0.3 is 0 Å².